The van der Waals surface area contributed by atoms with E-state index in [4.69, 9.17) is 0 Å². The molecule has 3 rings (SSSR count). The number of aromatic nitrogens is 4. The molecule has 24 heavy (non-hydrogen) atoms. The van der Waals surface area contributed by atoms with Gasteiger partial charge < -0.3 is 5.32 Å². The molecule has 0 aliphatic heterocycles. The lowest BCUT2D eigenvalue weighted by Gasteiger charge is -2.10. The van der Waals surface area contributed by atoms with Gasteiger partial charge in [-0.3, -0.25) is 14.3 Å². The molecule has 1 N–H and O–H groups in total. The zero-order chi connectivity index (χ0) is 16.8. The van der Waals surface area contributed by atoms with Crippen LogP contribution >= 0.6 is 11.8 Å². The highest BCUT2D eigenvalue weighted by Crippen LogP contribution is 2.27. The van der Waals surface area contributed by atoms with Crippen LogP contribution in [0.1, 0.15) is 6.92 Å². The predicted molar refractivity (Wildman–Crippen MR) is 94.0 cm³/mol. The van der Waals surface area contributed by atoms with Crippen molar-refractivity contribution in [3.05, 3.63) is 54.9 Å². The van der Waals surface area contributed by atoms with Crippen molar-refractivity contribution in [3.63, 3.8) is 0 Å². The second-order valence-electron chi connectivity index (χ2n) is 4.96. The van der Waals surface area contributed by atoms with Crippen LogP contribution in [0.5, 0.6) is 0 Å². The molecule has 2 aromatic heterocycles. The van der Waals surface area contributed by atoms with Crippen LogP contribution in [-0.2, 0) is 4.79 Å². The molecule has 1 aromatic carbocycles. The Hall–Kier alpha value is -2.67. The Morgan fingerprint density at radius 3 is 2.58 bits per heavy atom. The number of nitrogens with one attached hydrogen (secondary N) is 1. The minimum Gasteiger partial charge on any atom is -0.356 e. The first-order valence-corrected chi connectivity index (χ1v) is 8.59. The average Bonchev–Trinajstić information content (AvgIpc) is 3.06. The van der Waals surface area contributed by atoms with Gasteiger partial charge in [0.15, 0.2) is 11.0 Å². The molecule has 3 aromatic rings. The molecule has 1 amide bonds. The third-order valence-corrected chi connectivity index (χ3v) is 4.22. The largest absolute Gasteiger partial charge is 0.356 e. The SMILES string of the molecule is CCNC(=O)CSc1nnc(-c2ccncc2)n1-c1ccccc1. The van der Waals surface area contributed by atoms with E-state index in [1.54, 1.807) is 12.4 Å². The van der Waals surface area contributed by atoms with E-state index >= 15 is 0 Å². The van der Waals surface area contributed by atoms with Crippen molar-refractivity contribution in [1.82, 2.24) is 25.1 Å². The number of hydrogen-bond acceptors (Lipinski definition) is 5. The molecular weight excluding hydrogens is 322 g/mol. The molecule has 0 spiro atoms. The van der Waals surface area contributed by atoms with E-state index < -0.39 is 0 Å². The van der Waals surface area contributed by atoms with Crippen molar-refractivity contribution in [2.45, 2.75) is 12.1 Å². The molecule has 0 radical (unpaired) electrons. The Kier molecular flexibility index (Phi) is 5.22. The van der Waals surface area contributed by atoms with Gasteiger partial charge >= 0.3 is 0 Å². The van der Waals surface area contributed by atoms with Crippen LogP contribution in [-0.4, -0.2) is 38.0 Å². The Labute approximate surface area is 144 Å². The van der Waals surface area contributed by atoms with E-state index in [1.807, 2.05) is 54.0 Å². The number of carbonyl (C=O) groups is 1. The van der Waals surface area contributed by atoms with Crippen LogP contribution in [0.4, 0.5) is 0 Å². The van der Waals surface area contributed by atoms with Crippen molar-refractivity contribution in [2.24, 2.45) is 0 Å². The van der Waals surface area contributed by atoms with E-state index in [9.17, 15) is 4.79 Å². The Morgan fingerprint density at radius 2 is 1.88 bits per heavy atom. The van der Waals surface area contributed by atoms with Gasteiger partial charge in [-0.15, -0.1) is 10.2 Å². The van der Waals surface area contributed by atoms with Crippen molar-refractivity contribution >= 4 is 17.7 Å². The number of benzene rings is 1. The fraction of sp³-hybridized carbons (Fsp3) is 0.176. The summed E-state index contributed by atoms with van der Waals surface area (Å²) in [6.07, 6.45) is 3.45. The van der Waals surface area contributed by atoms with Crippen LogP contribution in [0.15, 0.2) is 60.0 Å². The Balaban J connectivity index is 1.98. The van der Waals surface area contributed by atoms with Gasteiger partial charge in [0.2, 0.25) is 5.91 Å². The number of thioether (sulfide) groups is 1. The highest BCUT2D eigenvalue weighted by atomic mass is 32.2. The number of carbonyl (C=O) groups excluding carboxylic acids is 1. The van der Waals surface area contributed by atoms with Gasteiger partial charge in [0, 0.05) is 30.2 Å². The summed E-state index contributed by atoms with van der Waals surface area (Å²) in [7, 11) is 0. The van der Waals surface area contributed by atoms with Crippen LogP contribution in [0.2, 0.25) is 0 Å². The van der Waals surface area contributed by atoms with Crippen molar-refractivity contribution < 1.29 is 4.79 Å². The number of nitrogens with zero attached hydrogens (tertiary/aromatic N) is 4. The summed E-state index contributed by atoms with van der Waals surface area (Å²) < 4.78 is 1.96. The molecule has 2 heterocycles. The lowest BCUT2D eigenvalue weighted by Crippen LogP contribution is -2.24. The highest BCUT2D eigenvalue weighted by Gasteiger charge is 2.16. The highest BCUT2D eigenvalue weighted by molar-refractivity contribution is 7.99. The number of amides is 1. The van der Waals surface area contributed by atoms with Gasteiger partial charge in [-0.2, -0.15) is 0 Å². The summed E-state index contributed by atoms with van der Waals surface area (Å²) in [5.74, 6) is 1.01. The Bertz CT molecular complexity index is 804. The molecule has 0 saturated heterocycles. The lowest BCUT2D eigenvalue weighted by molar-refractivity contribution is -0.118. The molecule has 0 bridgehead atoms. The smallest absolute Gasteiger partial charge is 0.230 e. The molecule has 6 nitrogen and oxygen atoms in total. The van der Waals surface area contributed by atoms with E-state index in [2.05, 4.69) is 20.5 Å². The zero-order valence-corrected chi connectivity index (χ0v) is 14.0. The van der Waals surface area contributed by atoms with Gasteiger partial charge in [0.1, 0.15) is 0 Å². The van der Waals surface area contributed by atoms with E-state index in [0.717, 1.165) is 17.1 Å². The molecule has 0 aliphatic rings. The molecular formula is C17H17N5OS. The summed E-state index contributed by atoms with van der Waals surface area (Å²) in [6.45, 7) is 2.52. The average molecular weight is 339 g/mol. The molecule has 0 unspecified atom stereocenters. The van der Waals surface area contributed by atoms with Gasteiger partial charge in [-0.25, -0.2) is 0 Å². The third-order valence-electron chi connectivity index (χ3n) is 3.29. The monoisotopic (exact) mass is 339 g/mol. The number of hydrogen-bond donors (Lipinski definition) is 1. The second-order valence-corrected chi connectivity index (χ2v) is 5.90. The Morgan fingerprint density at radius 1 is 1.12 bits per heavy atom. The minimum atomic E-state index is -0.0180. The summed E-state index contributed by atoms with van der Waals surface area (Å²) >= 11 is 1.37. The second kappa shape index (κ2) is 7.74. The molecule has 0 atom stereocenters. The van der Waals surface area contributed by atoms with Gasteiger partial charge in [-0.1, -0.05) is 30.0 Å². The zero-order valence-electron chi connectivity index (χ0n) is 13.2. The van der Waals surface area contributed by atoms with Crippen molar-refractivity contribution in [2.75, 3.05) is 12.3 Å². The molecule has 122 valence electrons. The summed E-state index contributed by atoms with van der Waals surface area (Å²) in [5.41, 5.74) is 1.87. The predicted octanol–water partition coefficient (Wildman–Crippen LogP) is 2.56. The number of pyridine rings is 1. The van der Waals surface area contributed by atoms with E-state index in [-0.39, 0.29) is 5.91 Å². The van der Waals surface area contributed by atoms with Crippen LogP contribution in [0, 0.1) is 0 Å². The van der Waals surface area contributed by atoms with E-state index in [0.29, 0.717) is 17.5 Å². The lowest BCUT2D eigenvalue weighted by atomic mass is 10.2. The maximum atomic E-state index is 11.7. The van der Waals surface area contributed by atoms with Crippen LogP contribution in [0.25, 0.3) is 17.1 Å². The van der Waals surface area contributed by atoms with E-state index in [1.165, 1.54) is 11.8 Å². The molecule has 0 aliphatic carbocycles. The normalized spacial score (nSPS) is 10.5. The van der Waals surface area contributed by atoms with Crippen LogP contribution < -0.4 is 5.32 Å². The maximum Gasteiger partial charge on any atom is 0.230 e. The standard InChI is InChI=1S/C17H17N5OS/c1-2-19-15(23)12-24-17-21-20-16(13-8-10-18-11-9-13)22(17)14-6-4-3-5-7-14/h3-11H,2,12H2,1H3,(H,19,23). The maximum absolute atomic E-state index is 11.7. The quantitative estimate of drug-likeness (QED) is 0.699. The topological polar surface area (TPSA) is 72.7 Å². The van der Waals surface area contributed by atoms with Crippen molar-refractivity contribution in [1.29, 1.82) is 0 Å². The fourth-order valence-corrected chi connectivity index (χ4v) is 3.02. The van der Waals surface area contributed by atoms with Gasteiger partial charge in [-0.05, 0) is 31.2 Å². The summed E-state index contributed by atoms with van der Waals surface area (Å²) in [6, 6.07) is 13.6. The number of rotatable bonds is 6. The van der Waals surface area contributed by atoms with Crippen molar-refractivity contribution in [3.8, 4) is 17.1 Å². The first-order chi connectivity index (χ1) is 11.8. The first-order valence-electron chi connectivity index (χ1n) is 7.60. The molecule has 0 fully saturated rings. The van der Waals surface area contributed by atoms with Gasteiger partial charge in [0.05, 0.1) is 5.75 Å². The first kappa shape index (κ1) is 16.2. The van der Waals surface area contributed by atoms with Gasteiger partial charge in [0.25, 0.3) is 0 Å². The summed E-state index contributed by atoms with van der Waals surface area (Å²) in [4.78, 5) is 15.8. The number of para-hydroxylation sites is 1. The molecule has 0 saturated carbocycles. The summed E-state index contributed by atoms with van der Waals surface area (Å²) in [5, 5.41) is 12.1. The third kappa shape index (κ3) is 3.62. The minimum absolute atomic E-state index is 0.0180. The van der Waals surface area contributed by atoms with Crippen LogP contribution in [0.3, 0.4) is 0 Å². The molecule has 7 heteroatoms. The fourth-order valence-electron chi connectivity index (χ4n) is 2.24.